The Bertz CT molecular complexity index is 1040. The van der Waals surface area contributed by atoms with E-state index >= 15 is 0 Å². The summed E-state index contributed by atoms with van der Waals surface area (Å²) < 4.78 is 0. The molecule has 3 aromatic rings. The van der Waals surface area contributed by atoms with Gasteiger partial charge >= 0.3 is 0 Å². The number of nitrogens with zero attached hydrogens (tertiary/aromatic N) is 6. The van der Waals surface area contributed by atoms with Gasteiger partial charge in [0.2, 0.25) is 17.7 Å². The zero-order valence-corrected chi connectivity index (χ0v) is 20.5. The highest BCUT2D eigenvalue weighted by molar-refractivity contribution is 14.1. The van der Waals surface area contributed by atoms with Crippen molar-refractivity contribution in [3.8, 4) is 0 Å². The number of nitrogens with one attached hydrogen (secondary N) is 2. The number of anilines is 3. The van der Waals surface area contributed by atoms with Gasteiger partial charge in [0.15, 0.2) is 0 Å². The van der Waals surface area contributed by atoms with Crippen LogP contribution in [-0.2, 0) is 0 Å². The molecule has 0 atom stereocenters. The van der Waals surface area contributed by atoms with Gasteiger partial charge in [-0.05, 0) is 55.6 Å². The number of carbonyl (C=O) groups is 1. The summed E-state index contributed by atoms with van der Waals surface area (Å²) in [7, 11) is 0. The van der Waals surface area contributed by atoms with Gasteiger partial charge in [0.25, 0.3) is 5.91 Å². The van der Waals surface area contributed by atoms with Crippen LogP contribution in [0.25, 0.3) is 10.9 Å². The Morgan fingerprint density at radius 2 is 1.62 bits per heavy atom. The van der Waals surface area contributed by atoms with Crippen molar-refractivity contribution in [3.05, 3.63) is 30.1 Å². The lowest BCUT2D eigenvalue weighted by molar-refractivity contribution is 0.0712. The van der Waals surface area contributed by atoms with Crippen LogP contribution in [0, 0.1) is 0 Å². The number of halogens is 1. The van der Waals surface area contributed by atoms with E-state index in [2.05, 4.69) is 48.0 Å². The molecule has 9 nitrogen and oxygen atoms in total. The van der Waals surface area contributed by atoms with E-state index < -0.39 is 0 Å². The zero-order chi connectivity index (χ0) is 22.3. The second kappa shape index (κ2) is 10.9. The number of alkyl halides is 1. The smallest absolute Gasteiger partial charge is 0.291 e. The van der Waals surface area contributed by atoms with Crippen LogP contribution < -0.4 is 10.2 Å². The van der Waals surface area contributed by atoms with Gasteiger partial charge in [-0.2, -0.15) is 9.97 Å². The topological polar surface area (TPSA) is 103 Å². The minimum Gasteiger partial charge on any atom is -0.341 e. The summed E-state index contributed by atoms with van der Waals surface area (Å²) in [5, 5.41) is 11.1. The van der Waals surface area contributed by atoms with Crippen LogP contribution in [0.1, 0.15) is 49.1 Å². The molecule has 170 valence electrons. The first kappa shape index (κ1) is 22.7. The highest BCUT2D eigenvalue weighted by atomic mass is 127. The number of aromatic amines is 1. The van der Waals surface area contributed by atoms with E-state index in [0.717, 1.165) is 68.7 Å². The SMILES string of the molecule is CI.O=C(c1nc(Nc2nc(N3CCCCC3)nc3ccccc23)n[nH]1)N1CCCCC1. The minimum absolute atomic E-state index is 0.100. The molecule has 0 aliphatic carbocycles. The number of amides is 1. The second-order valence-electron chi connectivity index (χ2n) is 7.92. The Morgan fingerprint density at radius 3 is 2.38 bits per heavy atom. The van der Waals surface area contributed by atoms with E-state index in [-0.39, 0.29) is 11.7 Å². The van der Waals surface area contributed by atoms with Crippen molar-refractivity contribution in [1.82, 2.24) is 30.0 Å². The van der Waals surface area contributed by atoms with Crippen LogP contribution in [0.4, 0.5) is 17.7 Å². The van der Waals surface area contributed by atoms with Crippen molar-refractivity contribution in [3.63, 3.8) is 0 Å². The first-order chi connectivity index (χ1) is 15.8. The summed E-state index contributed by atoms with van der Waals surface area (Å²) in [4.78, 5) is 32.6. The third-order valence-electron chi connectivity index (χ3n) is 5.79. The predicted molar refractivity (Wildman–Crippen MR) is 135 cm³/mol. The highest BCUT2D eigenvalue weighted by Gasteiger charge is 2.22. The van der Waals surface area contributed by atoms with E-state index in [1.807, 2.05) is 34.1 Å². The van der Waals surface area contributed by atoms with Crippen LogP contribution >= 0.6 is 22.6 Å². The lowest BCUT2D eigenvalue weighted by Gasteiger charge is -2.27. The molecule has 2 N–H and O–H groups in total. The third kappa shape index (κ3) is 5.11. The number of rotatable bonds is 4. The van der Waals surface area contributed by atoms with Gasteiger partial charge in [-0.3, -0.25) is 9.89 Å². The Balaban J connectivity index is 0.00000119. The molecule has 0 saturated carbocycles. The molecule has 2 fully saturated rings. The fraction of sp³-hybridized carbons (Fsp3) is 0.500. The Morgan fingerprint density at radius 1 is 0.938 bits per heavy atom. The second-order valence-corrected chi connectivity index (χ2v) is 7.92. The third-order valence-corrected chi connectivity index (χ3v) is 5.79. The van der Waals surface area contributed by atoms with Crippen molar-refractivity contribution in [2.24, 2.45) is 0 Å². The van der Waals surface area contributed by atoms with Crippen LogP contribution in [0.3, 0.4) is 0 Å². The molecule has 10 heteroatoms. The normalized spacial score (nSPS) is 16.4. The summed E-state index contributed by atoms with van der Waals surface area (Å²) in [6.07, 6.45) is 6.81. The van der Waals surface area contributed by atoms with Crippen molar-refractivity contribution >= 4 is 57.1 Å². The summed E-state index contributed by atoms with van der Waals surface area (Å²) in [5.74, 6) is 1.86. The molecule has 4 heterocycles. The van der Waals surface area contributed by atoms with E-state index in [1.165, 1.54) is 12.8 Å². The van der Waals surface area contributed by atoms with Gasteiger partial charge < -0.3 is 15.1 Å². The zero-order valence-electron chi connectivity index (χ0n) is 18.3. The average Bonchev–Trinajstić information content (AvgIpc) is 3.34. The van der Waals surface area contributed by atoms with Crippen LogP contribution in [0.15, 0.2) is 24.3 Å². The van der Waals surface area contributed by atoms with Crippen molar-refractivity contribution in [2.75, 3.05) is 41.3 Å². The minimum atomic E-state index is -0.100. The Kier molecular flexibility index (Phi) is 7.72. The predicted octanol–water partition coefficient (Wildman–Crippen LogP) is 4.16. The Labute approximate surface area is 201 Å². The van der Waals surface area contributed by atoms with Crippen molar-refractivity contribution in [1.29, 1.82) is 0 Å². The van der Waals surface area contributed by atoms with Gasteiger partial charge in [0.1, 0.15) is 5.82 Å². The van der Waals surface area contributed by atoms with Gasteiger partial charge in [0.05, 0.1) is 5.52 Å². The number of piperidine rings is 2. The molecule has 0 bridgehead atoms. The fourth-order valence-corrected chi connectivity index (χ4v) is 4.16. The first-order valence-corrected chi connectivity index (χ1v) is 13.3. The Hall–Kier alpha value is -2.50. The van der Waals surface area contributed by atoms with Crippen molar-refractivity contribution < 1.29 is 4.79 Å². The summed E-state index contributed by atoms with van der Waals surface area (Å²) in [6.45, 7) is 3.48. The van der Waals surface area contributed by atoms with E-state index in [4.69, 9.17) is 9.97 Å². The van der Waals surface area contributed by atoms with Crippen LogP contribution in [0.2, 0.25) is 0 Å². The van der Waals surface area contributed by atoms with E-state index in [9.17, 15) is 4.79 Å². The highest BCUT2D eigenvalue weighted by Crippen LogP contribution is 2.26. The lowest BCUT2D eigenvalue weighted by Crippen LogP contribution is -2.36. The molecule has 1 amide bonds. The summed E-state index contributed by atoms with van der Waals surface area (Å²) in [5.41, 5.74) is 0.871. The number of carbonyl (C=O) groups excluding carboxylic acids is 1. The molecular weight excluding hydrogens is 519 g/mol. The van der Waals surface area contributed by atoms with Crippen molar-refractivity contribution in [2.45, 2.75) is 38.5 Å². The molecule has 5 rings (SSSR count). The molecule has 2 aromatic heterocycles. The number of hydrogen-bond donors (Lipinski definition) is 2. The molecule has 1 aromatic carbocycles. The molecule has 0 radical (unpaired) electrons. The summed E-state index contributed by atoms with van der Waals surface area (Å²) >= 11 is 2.15. The van der Waals surface area contributed by atoms with Gasteiger partial charge in [-0.1, -0.05) is 34.7 Å². The maximum Gasteiger partial charge on any atom is 0.291 e. The lowest BCUT2D eigenvalue weighted by atomic mass is 10.1. The number of likely N-dealkylation sites (tertiary alicyclic amines) is 1. The maximum absolute atomic E-state index is 12.7. The van der Waals surface area contributed by atoms with Gasteiger partial charge in [-0.25, -0.2) is 4.98 Å². The van der Waals surface area contributed by atoms with Crippen LogP contribution in [-0.4, -0.2) is 67.1 Å². The molecule has 2 saturated heterocycles. The molecule has 2 aliphatic heterocycles. The number of hydrogen-bond acceptors (Lipinski definition) is 7. The standard InChI is InChI=1S/C21H26N8O.CH3I/c30-19(28-11-5-1-6-12-28)18-24-20(27-26-18)23-17-15-9-3-4-10-16(15)22-21(25-17)29-13-7-2-8-14-29;1-2/h3-4,9-10H,1-2,5-8,11-14H2,(H2,22,23,24,25,26,27);1H3. The number of fused-ring (bicyclic) bond motifs is 1. The van der Waals surface area contributed by atoms with Gasteiger partial charge in [0, 0.05) is 31.6 Å². The molecule has 2 aliphatic rings. The first-order valence-electron chi connectivity index (χ1n) is 11.2. The average molecular weight is 548 g/mol. The number of benzene rings is 1. The number of para-hydroxylation sites is 1. The maximum atomic E-state index is 12.7. The van der Waals surface area contributed by atoms with E-state index in [0.29, 0.717) is 11.8 Å². The molecular formula is C22H29IN8O. The number of H-pyrrole nitrogens is 1. The van der Waals surface area contributed by atoms with Crippen LogP contribution in [0.5, 0.6) is 0 Å². The molecule has 32 heavy (non-hydrogen) atoms. The summed E-state index contributed by atoms with van der Waals surface area (Å²) in [6, 6.07) is 7.89. The largest absolute Gasteiger partial charge is 0.341 e. The van der Waals surface area contributed by atoms with E-state index in [1.54, 1.807) is 0 Å². The van der Waals surface area contributed by atoms with Gasteiger partial charge in [-0.15, -0.1) is 5.10 Å². The number of aromatic nitrogens is 5. The monoisotopic (exact) mass is 548 g/mol. The molecule has 0 spiro atoms. The molecule has 0 unspecified atom stereocenters. The fourth-order valence-electron chi connectivity index (χ4n) is 4.16. The quantitative estimate of drug-likeness (QED) is 0.373.